The van der Waals surface area contributed by atoms with Gasteiger partial charge in [0.25, 0.3) is 15.7 Å². The second kappa shape index (κ2) is 18.7. The van der Waals surface area contributed by atoms with E-state index in [1.54, 1.807) is 18.2 Å². The number of hydrogen-bond donors (Lipinski definition) is 2. The topological polar surface area (TPSA) is 103 Å². The van der Waals surface area contributed by atoms with Gasteiger partial charge in [-0.05, 0) is 122 Å². The van der Waals surface area contributed by atoms with E-state index in [-0.39, 0.29) is 22.1 Å². The van der Waals surface area contributed by atoms with Gasteiger partial charge in [-0.15, -0.1) is 0 Å². The van der Waals surface area contributed by atoms with Crippen molar-refractivity contribution in [2.24, 2.45) is 17.8 Å². The molecule has 0 aromatic heterocycles. The number of nitrogens with zero attached hydrogens (tertiary/aromatic N) is 3. The third kappa shape index (κ3) is 10.0. The van der Waals surface area contributed by atoms with Crippen LogP contribution in [0.15, 0.2) is 101 Å². The number of carbonyl (C=O) groups is 1. The second-order valence-corrected chi connectivity index (χ2v) is 19.1. The van der Waals surface area contributed by atoms with E-state index in [0.29, 0.717) is 31.3 Å². The van der Waals surface area contributed by atoms with Gasteiger partial charge in [-0.3, -0.25) is 14.4 Å². The van der Waals surface area contributed by atoms with Crippen molar-refractivity contribution in [1.29, 1.82) is 0 Å². The fraction of sp³-hybridized carbons (Fsp3) is 0.444. The van der Waals surface area contributed by atoms with Gasteiger partial charge in [-0.2, -0.15) is 13.2 Å². The number of anilines is 3. The summed E-state index contributed by atoms with van der Waals surface area (Å²) < 4.78 is 81.3. The van der Waals surface area contributed by atoms with Gasteiger partial charge < -0.3 is 24.6 Å². The lowest BCUT2D eigenvalue weighted by atomic mass is 9.84. The molecule has 5 fully saturated rings. The molecule has 0 atom stereocenters. The summed E-state index contributed by atoms with van der Waals surface area (Å²) in [5.74, 6) is 2.01. The maximum Gasteiger partial charge on any atom is 0.501 e. The summed E-state index contributed by atoms with van der Waals surface area (Å²) in [6, 6.07) is 27.1. The highest BCUT2D eigenvalue weighted by Crippen LogP contribution is 2.39. The fourth-order valence-electron chi connectivity index (χ4n) is 8.87. The van der Waals surface area contributed by atoms with Crippen LogP contribution in [0.4, 0.5) is 30.2 Å². The van der Waals surface area contributed by atoms with Crippen molar-refractivity contribution in [2.75, 3.05) is 74.1 Å². The Morgan fingerprint density at radius 3 is 2.18 bits per heavy atom. The van der Waals surface area contributed by atoms with Crippen molar-refractivity contribution in [3.8, 4) is 11.5 Å². The van der Waals surface area contributed by atoms with E-state index in [0.717, 1.165) is 94.2 Å². The molecular formula is C45H52F3N5O5S2. The molecule has 15 heteroatoms. The zero-order valence-electron chi connectivity index (χ0n) is 33.5. The minimum absolute atomic E-state index is 0.115. The first kappa shape index (κ1) is 42.3. The first-order valence-electron chi connectivity index (χ1n) is 20.9. The summed E-state index contributed by atoms with van der Waals surface area (Å²) in [5.41, 5.74) is -1.80. The highest BCUT2D eigenvalue weighted by atomic mass is 32.2. The van der Waals surface area contributed by atoms with Crippen LogP contribution >= 0.6 is 11.9 Å². The van der Waals surface area contributed by atoms with Crippen LogP contribution in [0.25, 0.3) is 0 Å². The van der Waals surface area contributed by atoms with Gasteiger partial charge in [0.1, 0.15) is 16.4 Å². The van der Waals surface area contributed by atoms with Gasteiger partial charge in [-0.25, -0.2) is 8.42 Å². The standard InChI is InChI=1S/C45H52F3N5O5S2/c46-45(47,48)60(55,56)43-27-38(15-17-40(43)49-28-32-18-24-57-25-19-32)59-50-44(54)39-16-14-36(26-42(39)58-37-7-2-1-3-8-37)52-22-20-51(21-23-52)31-35-6-4-5-9-41(35)53-29-33-10-11-34(30-53)13-12-33/h1-9,14-17,26-27,32-34,49H,10-13,18-25,28-31H2,(H,50,54). The predicted molar refractivity (Wildman–Crippen MR) is 230 cm³/mol. The zero-order chi connectivity index (χ0) is 41.7. The number of piperazine rings is 1. The second-order valence-electron chi connectivity index (χ2n) is 16.4. The predicted octanol–water partition coefficient (Wildman–Crippen LogP) is 9.00. The normalized spacial score (nSPS) is 20.4. The molecule has 320 valence electrons. The molecule has 2 bridgehead atoms. The summed E-state index contributed by atoms with van der Waals surface area (Å²) in [6.45, 7) is 7.87. The lowest BCUT2D eigenvalue weighted by molar-refractivity contribution is -0.0435. The Hall–Kier alpha value is -4.44. The lowest BCUT2D eigenvalue weighted by Crippen LogP contribution is -2.46. The smallest absolute Gasteiger partial charge is 0.456 e. The average molecular weight is 864 g/mol. The Labute approximate surface area is 354 Å². The molecule has 60 heavy (non-hydrogen) atoms. The van der Waals surface area contributed by atoms with E-state index in [4.69, 9.17) is 9.47 Å². The van der Waals surface area contributed by atoms with Gasteiger partial charge in [0.05, 0.1) is 11.3 Å². The number of amides is 1. The number of nitrogens with one attached hydrogen (secondary N) is 2. The number of carbonyl (C=O) groups excluding carboxylic acids is 1. The Balaban J connectivity index is 0.949. The molecule has 2 N–H and O–H groups in total. The first-order chi connectivity index (χ1) is 29.0. The third-order valence-electron chi connectivity index (χ3n) is 12.3. The molecule has 0 spiro atoms. The Morgan fingerprint density at radius 2 is 1.48 bits per heavy atom. The third-order valence-corrected chi connectivity index (χ3v) is 14.6. The van der Waals surface area contributed by atoms with Gasteiger partial charge >= 0.3 is 5.51 Å². The van der Waals surface area contributed by atoms with Crippen LogP contribution in [-0.4, -0.2) is 83.8 Å². The van der Waals surface area contributed by atoms with Crippen molar-refractivity contribution in [3.63, 3.8) is 0 Å². The molecule has 4 saturated heterocycles. The molecule has 1 aliphatic carbocycles. The molecule has 4 aliphatic heterocycles. The summed E-state index contributed by atoms with van der Waals surface area (Å²) in [4.78, 5) is 20.4. The quantitative estimate of drug-likeness (QED) is 0.127. The van der Waals surface area contributed by atoms with Crippen LogP contribution in [0.1, 0.15) is 54.4 Å². The Morgan fingerprint density at radius 1 is 0.800 bits per heavy atom. The molecule has 1 amide bonds. The molecule has 10 nitrogen and oxygen atoms in total. The monoisotopic (exact) mass is 863 g/mol. The van der Waals surface area contributed by atoms with Crippen LogP contribution in [0.3, 0.4) is 0 Å². The van der Waals surface area contributed by atoms with Crippen molar-refractivity contribution < 1.29 is 35.9 Å². The molecular weight excluding hydrogens is 812 g/mol. The minimum atomic E-state index is -5.70. The number of ether oxygens (including phenoxy) is 2. The molecule has 9 rings (SSSR count). The number of para-hydroxylation sites is 2. The maximum absolute atomic E-state index is 13.8. The van der Waals surface area contributed by atoms with E-state index in [1.807, 2.05) is 30.3 Å². The molecule has 0 unspecified atom stereocenters. The van der Waals surface area contributed by atoms with Gasteiger partial charge in [0.15, 0.2) is 0 Å². The lowest BCUT2D eigenvalue weighted by Gasteiger charge is -2.37. The summed E-state index contributed by atoms with van der Waals surface area (Å²) in [6.07, 6.45) is 6.83. The molecule has 4 aromatic rings. The minimum Gasteiger partial charge on any atom is -0.456 e. The van der Waals surface area contributed by atoms with Crippen molar-refractivity contribution in [2.45, 2.75) is 60.4 Å². The molecule has 5 aliphatic rings. The van der Waals surface area contributed by atoms with Crippen LogP contribution < -0.4 is 24.6 Å². The summed E-state index contributed by atoms with van der Waals surface area (Å²) in [7, 11) is -5.70. The van der Waals surface area contributed by atoms with Crippen LogP contribution in [0.2, 0.25) is 0 Å². The maximum atomic E-state index is 13.8. The highest BCUT2D eigenvalue weighted by Gasteiger charge is 2.48. The van der Waals surface area contributed by atoms with E-state index >= 15 is 0 Å². The first-order valence-corrected chi connectivity index (χ1v) is 23.2. The van der Waals surface area contributed by atoms with Crippen LogP contribution in [-0.2, 0) is 21.1 Å². The summed E-state index contributed by atoms with van der Waals surface area (Å²) in [5, 5.41) is 2.92. The molecule has 0 radical (unpaired) electrons. The van der Waals surface area contributed by atoms with E-state index in [9.17, 15) is 26.4 Å². The van der Waals surface area contributed by atoms with Crippen molar-refractivity contribution in [3.05, 3.63) is 102 Å². The zero-order valence-corrected chi connectivity index (χ0v) is 35.2. The van der Waals surface area contributed by atoms with Crippen molar-refractivity contribution in [1.82, 2.24) is 9.62 Å². The molecule has 1 saturated carbocycles. The highest BCUT2D eigenvalue weighted by molar-refractivity contribution is 7.98. The Bertz CT molecular complexity index is 2190. The van der Waals surface area contributed by atoms with Crippen LogP contribution in [0, 0.1) is 17.8 Å². The molecule has 4 heterocycles. The van der Waals surface area contributed by atoms with Gasteiger partial charge in [-0.1, -0.05) is 36.4 Å². The van der Waals surface area contributed by atoms with E-state index in [1.165, 1.54) is 49.1 Å². The average Bonchev–Trinajstić information content (AvgIpc) is 3.60. The van der Waals surface area contributed by atoms with E-state index in [2.05, 4.69) is 49.0 Å². The number of hydrogen-bond acceptors (Lipinski definition) is 10. The SMILES string of the molecule is O=C(NSc1ccc(NCC2CCOCC2)c(S(=O)(=O)C(F)(F)F)c1)c1ccc(N2CCN(Cc3ccccc3N3CC4CCC(CC4)C3)CC2)cc1Oc1ccccc1. The van der Waals surface area contributed by atoms with Gasteiger partial charge in [0, 0.05) is 87.9 Å². The largest absolute Gasteiger partial charge is 0.501 e. The number of halogens is 3. The molecule has 4 aromatic carbocycles. The van der Waals surface area contributed by atoms with E-state index < -0.39 is 26.1 Å². The van der Waals surface area contributed by atoms with Crippen LogP contribution in [0.5, 0.6) is 11.5 Å². The summed E-state index contributed by atoms with van der Waals surface area (Å²) >= 11 is 0.731. The van der Waals surface area contributed by atoms with Gasteiger partial charge in [0.2, 0.25) is 0 Å². The fourth-order valence-corrected chi connectivity index (χ4v) is 10.5. The number of fused-ring (bicyclic) bond motifs is 4. The van der Waals surface area contributed by atoms with Crippen molar-refractivity contribution >= 4 is 44.8 Å². The Kier molecular flexibility index (Phi) is 13.1. The number of sulfone groups is 1. The number of benzene rings is 4. The number of rotatable bonds is 13. The number of alkyl halides is 3.